The van der Waals surface area contributed by atoms with Crippen LogP contribution < -0.4 is 10.6 Å². The fourth-order valence-electron chi connectivity index (χ4n) is 4.05. The molecule has 2 N–H and O–H groups in total. The number of ether oxygens (including phenoxy) is 1. The number of hydrogen-bond acceptors (Lipinski definition) is 8. The van der Waals surface area contributed by atoms with Crippen LogP contribution in [0.25, 0.3) is 0 Å². The lowest BCUT2D eigenvalue weighted by atomic mass is 9.90. The lowest BCUT2D eigenvalue weighted by molar-refractivity contribution is 0.0560. The highest BCUT2D eigenvalue weighted by Gasteiger charge is 2.43. The summed E-state index contributed by atoms with van der Waals surface area (Å²) >= 11 is 0. The van der Waals surface area contributed by atoms with E-state index in [2.05, 4.69) is 25.0 Å². The van der Waals surface area contributed by atoms with Crippen LogP contribution in [0.4, 0.5) is 19.4 Å². The van der Waals surface area contributed by atoms with Gasteiger partial charge in [0.25, 0.3) is 5.91 Å². The standard InChI is InChI=1S/C26H34F2N6O4S/c1-14(2)22(33-24(36)38-25(4,5)6)34-26(7,18-10-11-30-39(18)37)21-17(28)8-9-19(31-21)32-23(35)20-15(3)12-16(27)13-29-20/h8-9,12-14,18,39H,10-11H2,1-7H3,(H,31,32,35)(H,33,34,36)/t18-,26+/m1/s1. The Bertz CT molecular complexity index is 1380. The van der Waals surface area contributed by atoms with E-state index in [9.17, 15) is 18.2 Å². The van der Waals surface area contributed by atoms with E-state index in [1.165, 1.54) is 19.1 Å². The Labute approximate surface area is 228 Å². The van der Waals surface area contributed by atoms with Crippen molar-refractivity contribution in [1.29, 1.82) is 0 Å². The molecule has 13 heteroatoms. The summed E-state index contributed by atoms with van der Waals surface area (Å²) in [5, 5.41) is 4.47. The number of nitrogens with zero attached hydrogens (tertiary/aromatic N) is 4. The molecule has 3 atom stereocenters. The monoisotopic (exact) mass is 564 g/mol. The average molecular weight is 565 g/mol. The molecule has 3 heterocycles. The third kappa shape index (κ3) is 7.34. The highest BCUT2D eigenvalue weighted by molar-refractivity contribution is 7.75. The highest BCUT2D eigenvalue weighted by atomic mass is 32.2. The second kappa shape index (κ2) is 11.7. The maximum atomic E-state index is 15.4. The van der Waals surface area contributed by atoms with Gasteiger partial charge in [-0.25, -0.2) is 27.9 Å². The number of alkyl carbamates (subject to hydrolysis) is 1. The number of thiol groups is 1. The molecule has 0 spiro atoms. The van der Waals surface area contributed by atoms with Gasteiger partial charge in [-0.15, -0.1) is 0 Å². The molecule has 2 aromatic heterocycles. The Morgan fingerprint density at radius 1 is 1.21 bits per heavy atom. The van der Waals surface area contributed by atoms with Gasteiger partial charge in [0, 0.05) is 23.1 Å². The lowest BCUT2D eigenvalue weighted by Crippen LogP contribution is -2.43. The molecule has 1 aliphatic heterocycles. The first-order valence-corrected chi connectivity index (χ1v) is 13.7. The third-order valence-corrected chi connectivity index (χ3v) is 7.69. The maximum absolute atomic E-state index is 15.4. The number of amidine groups is 1. The van der Waals surface area contributed by atoms with Gasteiger partial charge in [0.1, 0.15) is 45.8 Å². The quantitative estimate of drug-likeness (QED) is 0.268. The van der Waals surface area contributed by atoms with E-state index >= 15 is 4.39 Å². The van der Waals surface area contributed by atoms with Crippen LogP contribution in [0.2, 0.25) is 0 Å². The van der Waals surface area contributed by atoms with Crippen LogP contribution in [0.5, 0.6) is 0 Å². The van der Waals surface area contributed by atoms with Gasteiger partial charge < -0.3 is 10.1 Å². The molecule has 3 rings (SSSR count). The summed E-state index contributed by atoms with van der Waals surface area (Å²) in [7, 11) is -2.13. The number of amides is 2. The maximum Gasteiger partial charge on any atom is 0.413 e. The number of carbonyl (C=O) groups excluding carboxylic acids is 2. The first-order chi connectivity index (χ1) is 18.1. The van der Waals surface area contributed by atoms with Gasteiger partial charge in [-0.05, 0) is 64.8 Å². The molecule has 212 valence electrons. The number of aromatic nitrogens is 2. The number of anilines is 1. The van der Waals surface area contributed by atoms with Gasteiger partial charge in [-0.3, -0.25) is 19.3 Å². The van der Waals surface area contributed by atoms with Crippen LogP contribution in [-0.2, 0) is 20.9 Å². The molecule has 0 aromatic carbocycles. The molecule has 0 saturated heterocycles. The third-order valence-electron chi connectivity index (χ3n) is 5.91. The van der Waals surface area contributed by atoms with Crippen molar-refractivity contribution >= 4 is 34.2 Å². The summed E-state index contributed by atoms with van der Waals surface area (Å²) in [6.07, 6.45) is 0.528. The summed E-state index contributed by atoms with van der Waals surface area (Å²) in [6.45, 7) is 12.1. The summed E-state index contributed by atoms with van der Waals surface area (Å²) in [5.74, 6) is -2.16. The number of carbonyl (C=O) groups is 2. The van der Waals surface area contributed by atoms with E-state index in [0.717, 1.165) is 12.3 Å². The van der Waals surface area contributed by atoms with Crippen molar-refractivity contribution in [2.75, 3.05) is 11.9 Å². The average Bonchev–Trinajstić information content (AvgIpc) is 3.25. The number of aryl methyl sites for hydroxylation is 1. The van der Waals surface area contributed by atoms with Crippen molar-refractivity contribution in [1.82, 2.24) is 15.3 Å². The molecule has 2 amide bonds. The van der Waals surface area contributed by atoms with E-state index in [-0.39, 0.29) is 29.0 Å². The SMILES string of the molecule is Cc1cc(F)cnc1C(=O)Nc1ccc(F)c([C@@](C)(/N=C(/NC(=O)OC(C)(C)C)C(C)C)[C@H]2CCN=[SH]2=O)n1. The van der Waals surface area contributed by atoms with Crippen LogP contribution >= 0.6 is 0 Å². The fraction of sp³-hybridized carbons (Fsp3) is 0.500. The minimum absolute atomic E-state index is 0.0142. The molecule has 1 unspecified atom stereocenters. The molecule has 10 nitrogen and oxygen atoms in total. The van der Waals surface area contributed by atoms with E-state index in [0.29, 0.717) is 18.5 Å². The van der Waals surface area contributed by atoms with Crippen LogP contribution in [0.1, 0.15) is 69.7 Å². The van der Waals surface area contributed by atoms with Crippen molar-refractivity contribution in [3.05, 3.63) is 53.0 Å². The second-order valence-corrected chi connectivity index (χ2v) is 12.2. The number of hydrogen-bond donors (Lipinski definition) is 3. The van der Waals surface area contributed by atoms with Crippen molar-refractivity contribution < 1.29 is 27.3 Å². The Kier molecular flexibility index (Phi) is 9.04. The summed E-state index contributed by atoms with van der Waals surface area (Å²) in [4.78, 5) is 38.3. The molecule has 1 aliphatic rings. The van der Waals surface area contributed by atoms with E-state index in [4.69, 9.17) is 9.73 Å². The van der Waals surface area contributed by atoms with Gasteiger partial charge >= 0.3 is 6.09 Å². The zero-order chi connectivity index (χ0) is 29.1. The van der Waals surface area contributed by atoms with Crippen LogP contribution in [-0.4, -0.2) is 49.4 Å². The first-order valence-electron chi connectivity index (χ1n) is 12.4. The van der Waals surface area contributed by atoms with Crippen LogP contribution in [0.15, 0.2) is 33.8 Å². The Hall–Kier alpha value is -3.48. The van der Waals surface area contributed by atoms with Gasteiger partial charge in [-0.1, -0.05) is 13.8 Å². The molecule has 39 heavy (non-hydrogen) atoms. The minimum Gasteiger partial charge on any atom is -0.444 e. The van der Waals surface area contributed by atoms with Gasteiger partial charge in [0.15, 0.2) is 0 Å². The van der Waals surface area contributed by atoms with Gasteiger partial charge in [0.2, 0.25) is 0 Å². The molecular weight excluding hydrogens is 530 g/mol. The molecule has 0 fully saturated rings. The molecule has 2 aromatic rings. The second-order valence-electron chi connectivity index (χ2n) is 10.7. The van der Waals surface area contributed by atoms with Crippen LogP contribution in [0.3, 0.4) is 0 Å². The zero-order valence-corrected chi connectivity index (χ0v) is 23.9. The number of aliphatic imine (C=N–C) groups is 1. The minimum atomic E-state index is -2.13. The Morgan fingerprint density at radius 3 is 2.46 bits per heavy atom. The van der Waals surface area contributed by atoms with E-state index in [1.54, 1.807) is 41.5 Å². The molecular formula is C26H34F2N6O4S. The number of halogens is 2. The molecule has 0 saturated carbocycles. The topological polar surface area (TPSA) is 135 Å². The lowest BCUT2D eigenvalue weighted by Gasteiger charge is -2.32. The van der Waals surface area contributed by atoms with Gasteiger partial charge in [-0.2, -0.15) is 0 Å². The highest BCUT2D eigenvalue weighted by Crippen LogP contribution is 2.37. The van der Waals surface area contributed by atoms with Crippen molar-refractivity contribution in [2.24, 2.45) is 15.3 Å². The number of pyridine rings is 2. The zero-order valence-electron chi connectivity index (χ0n) is 23.0. The number of nitrogens with one attached hydrogen (secondary N) is 2. The van der Waals surface area contributed by atoms with Crippen molar-refractivity contribution in [3.63, 3.8) is 0 Å². The summed E-state index contributed by atoms with van der Waals surface area (Å²) in [6, 6.07) is 3.55. The molecule has 0 bridgehead atoms. The number of rotatable bonds is 6. The van der Waals surface area contributed by atoms with E-state index < -0.39 is 50.6 Å². The Balaban J connectivity index is 2.07. The van der Waals surface area contributed by atoms with E-state index in [1.807, 2.05) is 0 Å². The predicted molar refractivity (Wildman–Crippen MR) is 145 cm³/mol. The van der Waals surface area contributed by atoms with Crippen molar-refractivity contribution in [3.8, 4) is 0 Å². The smallest absolute Gasteiger partial charge is 0.413 e. The first kappa shape index (κ1) is 30.1. The largest absolute Gasteiger partial charge is 0.444 e. The van der Waals surface area contributed by atoms with Gasteiger partial charge in [0.05, 0.1) is 11.4 Å². The normalized spacial score (nSPS) is 19.3. The molecule has 0 aliphatic carbocycles. The summed E-state index contributed by atoms with van der Waals surface area (Å²) < 4.78 is 51.2. The van der Waals surface area contributed by atoms with Crippen LogP contribution in [0, 0.1) is 24.5 Å². The molecule has 0 radical (unpaired) electrons. The predicted octanol–water partition coefficient (Wildman–Crippen LogP) is 4.55. The fourth-order valence-corrected chi connectivity index (χ4v) is 5.51. The summed E-state index contributed by atoms with van der Waals surface area (Å²) in [5.41, 5.74) is -2.19. The van der Waals surface area contributed by atoms with Crippen molar-refractivity contribution in [2.45, 2.75) is 71.3 Å². The Morgan fingerprint density at radius 2 is 1.90 bits per heavy atom.